The van der Waals surface area contributed by atoms with Crippen LogP contribution in [0.5, 0.6) is 0 Å². The fourth-order valence-electron chi connectivity index (χ4n) is 3.03. The highest BCUT2D eigenvalue weighted by molar-refractivity contribution is 4.81. The fourth-order valence-corrected chi connectivity index (χ4v) is 3.03. The third-order valence-electron chi connectivity index (χ3n) is 4.69. The highest BCUT2D eigenvalue weighted by Gasteiger charge is 2.20. The van der Waals surface area contributed by atoms with Crippen LogP contribution in [-0.2, 0) is 4.74 Å². The van der Waals surface area contributed by atoms with Crippen molar-refractivity contribution < 1.29 is 4.74 Å². The monoisotopic (exact) mass is 308 g/mol. The first-order valence-electron chi connectivity index (χ1n) is 10.2. The molecule has 1 saturated heterocycles. The van der Waals surface area contributed by atoms with Gasteiger partial charge in [0, 0.05) is 0 Å². The van der Waals surface area contributed by atoms with Crippen LogP contribution < -0.4 is 0 Å². The Kier molecular flexibility index (Phi) is 14.0. The van der Waals surface area contributed by atoms with Crippen LogP contribution in [-0.4, -0.2) is 12.7 Å². The molecule has 0 bridgehead atoms. The van der Waals surface area contributed by atoms with Crippen molar-refractivity contribution in [2.24, 2.45) is 0 Å². The Bertz CT molecular complexity index is 242. The molecular weight excluding hydrogens is 268 g/mol. The molecule has 1 fully saturated rings. The molecule has 1 rings (SSSR count). The second-order valence-corrected chi connectivity index (χ2v) is 7.04. The van der Waals surface area contributed by atoms with Crippen molar-refractivity contribution in [2.75, 3.05) is 6.61 Å². The van der Waals surface area contributed by atoms with Crippen molar-refractivity contribution >= 4 is 0 Å². The van der Waals surface area contributed by atoms with Crippen LogP contribution in [0.3, 0.4) is 0 Å². The van der Waals surface area contributed by atoms with Crippen LogP contribution in [0.25, 0.3) is 0 Å². The molecule has 0 saturated carbocycles. The summed E-state index contributed by atoms with van der Waals surface area (Å²) in [6, 6.07) is 0. The molecule has 0 radical (unpaired) electrons. The van der Waals surface area contributed by atoms with Crippen molar-refractivity contribution in [1.82, 2.24) is 0 Å². The first-order valence-corrected chi connectivity index (χ1v) is 10.2. The number of unbranched alkanes of at least 4 members (excludes halogenated alkanes) is 13. The Balaban J connectivity index is 1.65. The highest BCUT2D eigenvalue weighted by Crippen LogP contribution is 2.18. The molecule has 1 aliphatic rings. The summed E-state index contributed by atoms with van der Waals surface area (Å²) in [5.74, 6) is 0. The van der Waals surface area contributed by atoms with E-state index in [4.69, 9.17) is 4.74 Å². The molecular formula is C21H40O. The van der Waals surface area contributed by atoms with Crippen molar-refractivity contribution in [3.63, 3.8) is 0 Å². The van der Waals surface area contributed by atoms with E-state index in [1.807, 2.05) is 0 Å². The summed E-state index contributed by atoms with van der Waals surface area (Å²) < 4.78 is 5.23. The van der Waals surface area contributed by atoms with Gasteiger partial charge >= 0.3 is 0 Å². The second kappa shape index (κ2) is 15.6. The van der Waals surface area contributed by atoms with E-state index >= 15 is 0 Å². The van der Waals surface area contributed by atoms with Crippen LogP contribution in [0, 0.1) is 0 Å². The van der Waals surface area contributed by atoms with E-state index in [1.54, 1.807) is 0 Å². The largest absolute Gasteiger partial charge is 0.373 e. The molecule has 0 spiro atoms. The number of allylic oxidation sites excluding steroid dienone is 2. The Morgan fingerprint density at radius 1 is 0.682 bits per heavy atom. The average molecular weight is 309 g/mol. The average Bonchev–Trinajstić information content (AvgIpc) is 3.34. The van der Waals surface area contributed by atoms with Gasteiger partial charge in [-0.2, -0.15) is 0 Å². The summed E-state index contributed by atoms with van der Waals surface area (Å²) in [7, 11) is 0. The van der Waals surface area contributed by atoms with E-state index in [9.17, 15) is 0 Å². The van der Waals surface area contributed by atoms with Crippen molar-refractivity contribution in [1.29, 1.82) is 0 Å². The lowest BCUT2D eigenvalue weighted by molar-refractivity contribution is 0.387. The van der Waals surface area contributed by atoms with E-state index in [2.05, 4.69) is 19.1 Å². The lowest BCUT2D eigenvalue weighted by Gasteiger charge is -2.00. The zero-order chi connectivity index (χ0) is 15.7. The summed E-state index contributed by atoms with van der Waals surface area (Å²) in [5, 5.41) is 0. The van der Waals surface area contributed by atoms with Crippen LogP contribution >= 0.6 is 0 Å². The number of hydrogen-bond donors (Lipinski definition) is 0. The Labute approximate surface area is 139 Å². The molecule has 0 aromatic rings. The van der Waals surface area contributed by atoms with Gasteiger partial charge in [-0.15, -0.1) is 0 Å². The minimum absolute atomic E-state index is 0.638. The van der Waals surface area contributed by atoms with Crippen LogP contribution in [0.4, 0.5) is 0 Å². The van der Waals surface area contributed by atoms with Crippen LogP contribution in [0.1, 0.15) is 110 Å². The number of epoxide rings is 1. The Morgan fingerprint density at radius 3 is 1.64 bits per heavy atom. The van der Waals surface area contributed by atoms with Gasteiger partial charge in [-0.1, -0.05) is 89.7 Å². The first-order chi connectivity index (χ1) is 10.9. The SMILES string of the molecule is CCCCCCCCCCC=CCCCCCCC[C@@H]1CO1. The van der Waals surface area contributed by atoms with Gasteiger partial charge in [0.25, 0.3) is 0 Å². The van der Waals surface area contributed by atoms with Gasteiger partial charge in [0.15, 0.2) is 0 Å². The number of hydrogen-bond acceptors (Lipinski definition) is 1. The van der Waals surface area contributed by atoms with E-state index in [0.29, 0.717) is 6.10 Å². The summed E-state index contributed by atoms with van der Waals surface area (Å²) >= 11 is 0. The maximum atomic E-state index is 5.23. The van der Waals surface area contributed by atoms with Gasteiger partial charge in [-0.25, -0.2) is 0 Å². The molecule has 130 valence electrons. The molecule has 0 amide bonds. The maximum absolute atomic E-state index is 5.23. The van der Waals surface area contributed by atoms with Gasteiger partial charge < -0.3 is 4.74 Å². The minimum atomic E-state index is 0.638. The maximum Gasteiger partial charge on any atom is 0.0810 e. The van der Waals surface area contributed by atoms with E-state index in [-0.39, 0.29) is 0 Å². The molecule has 22 heavy (non-hydrogen) atoms. The number of ether oxygens (including phenoxy) is 1. The summed E-state index contributed by atoms with van der Waals surface area (Å²) in [6.45, 7) is 3.32. The number of rotatable bonds is 17. The summed E-state index contributed by atoms with van der Waals surface area (Å²) in [5.41, 5.74) is 0. The van der Waals surface area contributed by atoms with E-state index in [0.717, 1.165) is 6.61 Å². The Morgan fingerprint density at radius 2 is 1.14 bits per heavy atom. The molecule has 0 aromatic carbocycles. The van der Waals surface area contributed by atoms with Gasteiger partial charge in [-0.05, 0) is 32.1 Å². The molecule has 0 N–H and O–H groups in total. The Hall–Kier alpha value is -0.300. The first kappa shape index (κ1) is 19.7. The molecule has 1 heterocycles. The third kappa shape index (κ3) is 14.6. The second-order valence-electron chi connectivity index (χ2n) is 7.04. The quantitative estimate of drug-likeness (QED) is 0.157. The predicted molar refractivity (Wildman–Crippen MR) is 98.4 cm³/mol. The fraction of sp³-hybridized carbons (Fsp3) is 0.905. The van der Waals surface area contributed by atoms with E-state index < -0.39 is 0 Å². The van der Waals surface area contributed by atoms with Gasteiger partial charge in [0.1, 0.15) is 0 Å². The molecule has 1 nitrogen and oxygen atoms in total. The molecule has 0 aliphatic carbocycles. The molecule has 0 aromatic heterocycles. The van der Waals surface area contributed by atoms with Gasteiger partial charge in [-0.3, -0.25) is 0 Å². The van der Waals surface area contributed by atoms with Gasteiger partial charge in [0.05, 0.1) is 12.7 Å². The normalized spacial score (nSPS) is 17.4. The zero-order valence-corrected chi connectivity index (χ0v) is 15.2. The highest BCUT2D eigenvalue weighted by atomic mass is 16.6. The standard InChI is InChI=1S/C21H40O/c1-2-3-4-5-6-7-8-9-10-11-12-13-14-15-16-17-18-19-21-20-22-21/h11-12,21H,2-10,13-20H2,1H3/t21-/m1/s1. The molecule has 1 aliphatic heterocycles. The predicted octanol–water partition coefficient (Wildman–Crippen LogP) is 7.20. The van der Waals surface area contributed by atoms with Crippen molar-refractivity contribution in [3.05, 3.63) is 12.2 Å². The van der Waals surface area contributed by atoms with Crippen LogP contribution in [0.15, 0.2) is 12.2 Å². The molecule has 1 atom stereocenters. The summed E-state index contributed by atoms with van der Waals surface area (Å²) in [4.78, 5) is 0. The van der Waals surface area contributed by atoms with Crippen LogP contribution in [0.2, 0.25) is 0 Å². The smallest absolute Gasteiger partial charge is 0.0810 e. The van der Waals surface area contributed by atoms with Gasteiger partial charge in [0.2, 0.25) is 0 Å². The minimum Gasteiger partial charge on any atom is -0.373 e. The third-order valence-corrected chi connectivity index (χ3v) is 4.69. The van der Waals surface area contributed by atoms with E-state index in [1.165, 1.54) is 103 Å². The summed E-state index contributed by atoms with van der Waals surface area (Å²) in [6.07, 6.45) is 27.8. The lowest BCUT2D eigenvalue weighted by Crippen LogP contribution is -1.85. The lowest BCUT2D eigenvalue weighted by atomic mass is 10.1. The molecule has 0 unspecified atom stereocenters. The van der Waals surface area contributed by atoms with Crippen molar-refractivity contribution in [2.45, 2.75) is 116 Å². The van der Waals surface area contributed by atoms with Crippen molar-refractivity contribution in [3.8, 4) is 0 Å². The zero-order valence-electron chi connectivity index (χ0n) is 15.2. The molecule has 1 heteroatoms. The topological polar surface area (TPSA) is 12.5 Å².